The van der Waals surface area contributed by atoms with Crippen molar-refractivity contribution in [3.8, 4) is 5.82 Å². The van der Waals surface area contributed by atoms with Crippen LogP contribution in [0.2, 0.25) is 5.02 Å². The third-order valence-corrected chi connectivity index (χ3v) is 3.09. The Morgan fingerprint density at radius 2 is 2.00 bits per heavy atom. The molecule has 1 aromatic carbocycles. The minimum Gasteiger partial charge on any atom is -0.306 e. The van der Waals surface area contributed by atoms with Gasteiger partial charge >= 0.3 is 6.03 Å². The Hall–Kier alpha value is -2.93. The predicted octanol–water partition coefficient (Wildman–Crippen LogP) is 2.96. The van der Waals surface area contributed by atoms with Crippen LogP contribution >= 0.6 is 11.6 Å². The van der Waals surface area contributed by atoms with Crippen molar-refractivity contribution in [2.45, 2.75) is 0 Å². The summed E-state index contributed by atoms with van der Waals surface area (Å²) in [7, 11) is 0. The smallest absolute Gasteiger partial charge is 0.306 e. The van der Waals surface area contributed by atoms with E-state index in [1.165, 1.54) is 6.33 Å². The maximum absolute atomic E-state index is 12.0. The van der Waals surface area contributed by atoms with E-state index >= 15 is 0 Å². The lowest BCUT2D eigenvalue weighted by Gasteiger charge is -2.09. The molecule has 2 N–H and O–H groups in total. The van der Waals surface area contributed by atoms with Crippen LogP contribution in [0.1, 0.15) is 0 Å². The summed E-state index contributed by atoms with van der Waals surface area (Å²) in [6.07, 6.45) is 4.73. The van der Waals surface area contributed by atoms with Gasteiger partial charge in [0.25, 0.3) is 0 Å². The molecule has 0 fully saturated rings. The number of urea groups is 1. The standard InChI is InChI=1S/C14H11ClN6O/c15-10-4-1-2-5-11(10)19-14(22)20-12-8-13(17-9-16-12)21-7-3-6-18-21/h1-9H,(H2,16,17,19,20,22). The second-order valence-electron chi connectivity index (χ2n) is 4.27. The van der Waals surface area contributed by atoms with Crippen molar-refractivity contribution in [1.29, 1.82) is 0 Å². The van der Waals surface area contributed by atoms with Gasteiger partial charge in [-0.2, -0.15) is 5.10 Å². The van der Waals surface area contributed by atoms with Crippen molar-refractivity contribution in [3.63, 3.8) is 0 Å². The molecule has 0 bridgehead atoms. The number of amides is 2. The van der Waals surface area contributed by atoms with Crippen molar-refractivity contribution >= 4 is 29.1 Å². The van der Waals surface area contributed by atoms with Crippen molar-refractivity contribution in [2.24, 2.45) is 0 Å². The van der Waals surface area contributed by atoms with Gasteiger partial charge in [-0.15, -0.1) is 0 Å². The van der Waals surface area contributed by atoms with Gasteiger partial charge in [0.2, 0.25) is 0 Å². The first-order chi connectivity index (χ1) is 10.7. The van der Waals surface area contributed by atoms with Gasteiger partial charge in [0.05, 0.1) is 10.7 Å². The van der Waals surface area contributed by atoms with E-state index in [1.54, 1.807) is 53.5 Å². The highest BCUT2D eigenvalue weighted by molar-refractivity contribution is 6.33. The normalized spacial score (nSPS) is 10.2. The van der Waals surface area contributed by atoms with Crippen LogP contribution in [0.4, 0.5) is 16.3 Å². The molecule has 0 atom stereocenters. The molecule has 2 aromatic heterocycles. The first-order valence-corrected chi connectivity index (χ1v) is 6.75. The number of benzene rings is 1. The van der Waals surface area contributed by atoms with Gasteiger partial charge < -0.3 is 5.32 Å². The number of anilines is 2. The summed E-state index contributed by atoms with van der Waals surface area (Å²) in [6, 6.07) is 9.90. The molecule has 0 aliphatic carbocycles. The van der Waals surface area contributed by atoms with E-state index in [2.05, 4.69) is 25.7 Å². The third kappa shape index (κ3) is 3.21. The van der Waals surface area contributed by atoms with E-state index in [9.17, 15) is 4.79 Å². The first-order valence-electron chi connectivity index (χ1n) is 6.37. The van der Waals surface area contributed by atoms with Crippen molar-refractivity contribution < 1.29 is 4.79 Å². The Balaban J connectivity index is 1.72. The van der Waals surface area contributed by atoms with Gasteiger partial charge in [0.15, 0.2) is 5.82 Å². The van der Waals surface area contributed by atoms with E-state index < -0.39 is 6.03 Å². The fourth-order valence-corrected chi connectivity index (χ4v) is 1.96. The molecule has 0 radical (unpaired) electrons. The van der Waals surface area contributed by atoms with Gasteiger partial charge in [-0.1, -0.05) is 23.7 Å². The van der Waals surface area contributed by atoms with Gasteiger partial charge in [0, 0.05) is 18.5 Å². The fourth-order valence-electron chi connectivity index (χ4n) is 1.78. The van der Waals surface area contributed by atoms with Crippen LogP contribution in [-0.4, -0.2) is 25.8 Å². The van der Waals surface area contributed by atoms with E-state index in [0.29, 0.717) is 22.3 Å². The number of nitrogens with zero attached hydrogens (tertiary/aromatic N) is 4. The highest BCUT2D eigenvalue weighted by Crippen LogP contribution is 2.20. The fraction of sp³-hybridized carbons (Fsp3) is 0. The molecule has 3 rings (SSSR count). The number of carbonyl (C=O) groups excluding carboxylic acids is 1. The van der Waals surface area contributed by atoms with Crippen molar-refractivity contribution in [3.05, 3.63) is 60.1 Å². The molecule has 0 unspecified atom stereocenters. The number of hydrogen-bond acceptors (Lipinski definition) is 4. The van der Waals surface area contributed by atoms with Crippen LogP contribution in [0.25, 0.3) is 5.82 Å². The van der Waals surface area contributed by atoms with E-state index in [-0.39, 0.29) is 0 Å². The minimum atomic E-state index is -0.446. The lowest BCUT2D eigenvalue weighted by Crippen LogP contribution is -2.20. The molecule has 8 heteroatoms. The minimum absolute atomic E-state index is 0.352. The number of hydrogen-bond donors (Lipinski definition) is 2. The topological polar surface area (TPSA) is 84.7 Å². The largest absolute Gasteiger partial charge is 0.324 e. The molecule has 7 nitrogen and oxygen atoms in total. The number of halogens is 1. The first kappa shape index (κ1) is 14.0. The number of para-hydroxylation sites is 1. The van der Waals surface area contributed by atoms with Gasteiger partial charge in [0.1, 0.15) is 12.1 Å². The number of aromatic nitrogens is 4. The molecule has 3 aromatic rings. The molecule has 110 valence electrons. The van der Waals surface area contributed by atoms with Crippen LogP contribution in [0.5, 0.6) is 0 Å². The van der Waals surface area contributed by atoms with Gasteiger partial charge in [-0.05, 0) is 18.2 Å². The molecule has 0 aliphatic rings. The summed E-state index contributed by atoms with van der Waals surface area (Å²) in [5.74, 6) is 0.901. The Kier molecular flexibility index (Phi) is 3.97. The number of carbonyl (C=O) groups is 1. The van der Waals surface area contributed by atoms with E-state index in [0.717, 1.165) is 0 Å². The summed E-state index contributed by atoms with van der Waals surface area (Å²) in [5, 5.41) is 9.79. The van der Waals surface area contributed by atoms with Crippen LogP contribution < -0.4 is 10.6 Å². The Labute approximate surface area is 131 Å². The second kappa shape index (κ2) is 6.23. The Morgan fingerprint density at radius 1 is 1.14 bits per heavy atom. The van der Waals surface area contributed by atoms with E-state index in [4.69, 9.17) is 11.6 Å². The third-order valence-electron chi connectivity index (χ3n) is 2.76. The molecule has 0 spiro atoms. The molecule has 22 heavy (non-hydrogen) atoms. The quantitative estimate of drug-likeness (QED) is 0.778. The summed E-state index contributed by atoms with van der Waals surface area (Å²) < 4.78 is 1.57. The van der Waals surface area contributed by atoms with Crippen LogP contribution in [-0.2, 0) is 0 Å². The lowest BCUT2D eigenvalue weighted by atomic mass is 10.3. The monoisotopic (exact) mass is 314 g/mol. The maximum Gasteiger partial charge on any atom is 0.324 e. The summed E-state index contributed by atoms with van der Waals surface area (Å²) in [6.45, 7) is 0. The summed E-state index contributed by atoms with van der Waals surface area (Å²) >= 11 is 5.98. The highest BCUT2D eigenvalue weighted by Gasteiger charge is 2.07. The highest BCUT2D eigenvalue weighted by atomic mass is 35.5. The van der Waals surface area contributed by atoms with Crippen LogP contribution in [0, 0.1) is 0 Å². The van der Waals surface area contributed by atoms with E-state index in [1.807, 2.05) is 0 Å². The molecular weight excluding hydrogens is 304 g/mol. The predicted molar refractivity (Wildman–Crippen MR) is 83.2 cm³/mol. The number of nitrogens with one attached hydrogen (secondary N) is 2. The molecule has 2 heterocycles. The number of rotatable bonds is 3. The zero-order valence-corrected chi connectivity index (χ0v) is 12.0. The molecule has 0 saturated carbocycles. The SMILES string of the molecule is O=C(Nc1cc(-n2cccn2)ncn1)Nc1ccccc1Cl. The average Bonchev–Trinajstić information content (AvgIpc) is 3.04. The van der Waals surface area contributed by atoms with Crippen LogP contribution in [0.3, 0.4) is 0 Å². The molecular formula is C14H11ClN6O. The molecule has 0 saturated heterocycles. The average molecular weight is 315 g/mol. The zero-order chi connectivity index (χ0) is 15.4. The molecule has 2 amide bonds. The van der Waals surface area contributed by atoms with Crippen molar-refractivity contribution in [1.82, 2.24) is 19.7 Å². The lowest BCUT2D eigenvalue weighted by molar-refractivity contribution is 0.262. The zero-order valence-electron chi connectivity index (χ0n) is 11.3. The van der Waals surface area contributed by atoms with Gasteiger partial charge in [-0.25, -0.2) is 19.4 Å². The maximum atomic E-state index is 12.0. The van der Waals surface area contributed by atoms with Gasteiger partial charge in [-0.3, -0.25) is 5.32 Å². The van der Waals surface area contributed by atoms with Crippen molar-refractivity contribution in [2.75, 3.05) is 10.6 Å². The summed E-state index contributed by atoms with van der Waals surface area (Å²) in [4.78, 5) is 20.0. The van der Waals surface area contributed by atoms with Crippen LogP contribution in [0.15, 0.2) is 55.1 Å². The Bertz CT molecular complexity index is 790. The Morgan fingerprint density at radius 3 is 2.77 bits per heavy atom. The summed E-state index contributed by atoms with van der Waals surface area (Å²) in [5.41, 5.74) is 0.517. The molecule has 0 aliphatic heterocycles. The second-order valence-corrected chi connectivity index (χ2v) is 4.68.